The predicted octanol–water partition coefficient (Wildman–Crippen LogP) is 4.21. The molecule has 192 valence electrons. The Morgan fingerprint density at radius 2 is 1.81 bits per heavy atom. The molecule has 0 amide bonds. The van der Waals surface area contributed by atoms with Gasteiger partial charge in [0.05, 0.1) is 17.4 Å². The second-order valence-corrected chi connectivity index (χ2v) is 13.9. The van der Waals surface area contributed by atoms with Crippen LogP contribution in [0.25, 0.3) is 5.76 Å². The number of ketones is 1. The number of aliphatic hydroxyl groups excluding tert-OH is 1. The van der Waals surface area contributed by atoms with Crippen molar-refractivity contribution in [3.05, 3.63) is 59.2 Å². The Bertz CT molecular complexity index is 1550. The summed E-state index contributed by atoms with van der Waals surface area (Å²) in [5.41, 5.74) is 0.0332. The van der Waals surface area contributed by atoms with E-state index in [-0.39, 0.29) is 38.9 Å². The number of Topliss-reactive ketones (excluding diaryl/α,β-unsaturated/α-hetero) is 1. The van der Waals surface area contributed by atoms with Gasteiger partial charge in [-0.15, -0.1) is 4.40 Å². The number of nitrogens with one attached hydrogen (secondary N) is 2. The van der Waals surface area contributed by atoms with Gasteiger partial charge in [0.15, 0.2) is 11.6 Å². The van der Waals surface area contributed by atoms with Crippen LogP contribution in [-0.4, -0.2) is 39.8 Å². The van der Waals surface area contributed by atoms with Crippen LogP contribution in [0.15, 0.2) is 57.3 Å². The molecule has 3 N–H and O–H groups in total. The third kappa shape index (κ3) is 4.77. The monoisotopic (exact) mass is 531 g/mol. The molecule has 2 aromatic carbocycles. The maximum absolute atomic E-state index is 14.0. The summed E-state index contributed by atoms with van der Waals surface area (Å²) in [6, 6.07) is 11.0. The lowest BCUT2D eigenvalue weighted by Crippen LogP contribution is -2.42. The number of carbonyl (C=O) groups excluding carboxylic acids is 1. The van der Waals surface area contributed by atoms with Gasteiger partial charge in [-0.3, -0.25) is 9.52 Å². The minimum Gasteiger partial charge on any atom is -0.506 e. The second-order valence-electron chi connectivity index (χ2n) is 10.6. The van der Waals surface area contributed by atoms with Gasteiger partial charge < -0.3 is 10.4 Å². The number of sulfonamides is 2. The molecular formula is C25H29N3O6S2. The average molecular weight is 532 g/mol. The van der Waals surface area contributed by atoms with Gasteiger partial charge in [-0.1, -0.05) is 45.0 Å². The van der Waals surface area contributed by atoms with Crippen LogP contribution in [0.1, 0.15) is 51.7 Å². The van der Waals surface area contributed by atoms with Gasteiger partial charge in [0, 0.05) is 11.3 Å². The van der Waals surface area contributed by atoms with Crippen molar-refractivity contribution in [3.8, 4) is 0 Å². The summed E-state index contributed by atoms with van der Waals surface area (Å²) >= 11 is 0. The number of benzene rings is 2. The van der Waals surface area contributed by atoms with Crippen LogP contribution in [0.4, 0.5) is 11.4 Å². The van der Waals surface area contributed by atoms with Crippen molar-refractivity contribution in [1.82, 2.24) is 0 Å². The molecule has 1 atom stereocenters. The lowest BCUT2D eigenvalue weighted by molar-refractivity contribution is -0.120. The maximum Gasteiger partial charge on any atom is 0.286 e. The normalized spacial score (nSPS) is 21.2. The van der Waals surface area contributed by atoms with Gasteiger partial charge in [0.1, 0.15) is 16.2 Å². The van der Waals surface area contributed by atoms with Crippen LogP contribution in [-0.2, 0) is 30.3 Å². The Morgan fingerprint density at radius 3 is 2.44 bits per heavy atom. The Hall–Kier alpha value is -3.18. The van der Waals surface area contributed by atoms with Crippen LogP contribution < -0.4 is 10.0 Å². The Balaban J connectivity index is 1.84. The van der Waals surface area contributed by atoms with E-state index >= 15 is 0 Å². The van der Waals surface area contributed by atoms with Crippen LogP contribution in [0, 0.1) is 5.41 Å². The molecule has 0 saturated heterocycles. The highest BCUT2D eigenvalue weighted by Crippen LogP contribution is 2.45. The third-order valence-electron chi connectivity index (χ3n) is 6.38. The maximum atomic E-state index is 14.0. The molecule has 0 spiro atoms. The molecule has 2 aliphatic rings. The van der Waals surface area contributed by atoms with Gasteiger partial charge >= 0.3 is 0 Å². The van der Waals surface area contributed by atoms with Crippen molar-refractivity contribution in [3.63, 3.8) is 0 Å². The molecule has 0 fully saturated rings. The molecule has 0 unspecified atom stereocenters. The first-order valence-electron chi connectivity index (χ1n) is 11.3. The molecule has 9 nitrogen and oxygen atoms in total. The summed E-state index contributed by atoms with van der Waals surface area (Å²) in [6.45, 7) is 8.04. The first-order valence-corrected chi connectivity index (χ1v) is 14.7. The van der Waals surface area contributed by atoms with Crippen molar-refractivity contribution in [2.75, 3.05) is 16.3 Å². The van der Waals surface area contributed by atoms with Crippen molar-refractivity contribution in [2.24, 2.45) is 9.81 Å². The Labute approximate surface area is 211 Å². The fourth-order valence-corrected chi connectivity index (χ4v) is 6.15. The van der Waals surface area contributed by atoms with Gasteiger partial charge in [-0.25, -0.2) is 8.42 Å². The first-order chi connectivity index (χ1) is 16.5. The van der Waals surface area contributed by atoms with E-state index in [0.717, 1.165) is 18.7 Å². The summed E-state index contributed by atoms with van der Waals surface area (Å²) in [7, 11) is -7.95. The molecule has 1 aliphatic carbocycles. The number of hydrogen-bond donors (Lipinski definition) is 3. The van der Waals surface area contributed by atoms with Crippen LogP contribution in [0.5, 0.6) is 0 Å². The van der Waals surface area contributed by atoms with Crippen LogP contribution in [0.3, 0.4) is 0 Å². The second kappa shape index (κ2) is 8.45. The van der Waals surface area contributed by atoms with Gasteiger partial charge in [-0.2, -0.15) is 8.42 Å². The first kappa shape index (κ1) is 25.9. The zero-order valence-corrected chi connectivity index (χ0v) is 22.3. The number of nitrogens with zero attached hydrogens (tertiary/aromatic N) is 1. The van der Waals surface area contributed by atoms with E-state index in [0.29, 0.717) is 17.5 Å². The summed E-state index contributed by atoms with van der Waals surface area (Å²) in [4.78, 5) is 13.7. The van der Waals surface area contributed by atoms with E-state index in [1.54, 1.807) is 31.2 Å². The smallest absolute Gasteiger partial charge is 0.286 e. The molecule has 2 aromatic rings. The van der Waals surface area contributed by atoms with E-state index in [9.17, 15) is 26.7 Å². The standard InChI is InChI=1S/C25H29N3O6S2/c1-24(2,3)12-13-25(4)17-9-7-6-8-16(17)21(29)20(22(25)30)23-26-18-11-10-15(27-35(5,31)32)14-19(18)36(33,34)28-23/h6-11,14,27,29H,12-13H2,1-5H3,(H,26,28)/t25-/m1/s1. The van der Waals surface area contributed by atoms with E-state index in [1.165, 1.54) is 12.1 Å². The van der Waals surface area contributed by atoms with Crippen LogP contribution >= 0.6 is 0 Å². The Morgan fingerprint density at radius 1 is 1.14 bits per heavy atom. The number of carbonyl (C=O) groups is 1. The SMILES string of the molecule is CC(C)(C)CC[C@@]1(C)C(=O)C(C2=NS(=O)(=O)c3cc(NS(C)(=O)=O)ccc3N2)=C(O)c2ccccc21. The zero-order chi connectivity index (χ0) is 26.7. The fourth-order valence-electron chi connectivity index (χ4n) is 4.45. The van der Waals surface area contributed by atoms with Gasteiger partial charge in [-0.05, 0) is 48.9 Å². The summed E-state index contributed by atoms with van der Waals surface area (Å²) in [5, 5.41) is 14.0. The lowest BCUT2D eigenvalue weighted by atomic mass is 9.65. The van der Waals surface area contributed by atoms with E-state index in [4.69, 9.17) is 0 Å². The fraction of sp³-hybridized carbons (Fsp3) is 0.360. The molecule has 1 aliphatic heterocycles. The summed E-state index contributed by atoms with van der Waals surface area (Å²) in [6.07, 6.45) is 2.16. The van der Waals surface area contributed by atoms with Crippen LogP contribution in [0.2, 0.25) is 0 Å². The Kier molecular flexibility index (Phi) is 6.08. The minimum atomic E-state index is -4.32. The van der Waals surface area contributed by atoms with Crippen molar-refractivity contribution >= 4 is 48.8 Å². The largest absolute Gasteiger partial charge is 0.506 e. The molecule has 11 heteroatoms. The molecule has 0 saturated carbocycles. The van der Waals surface area contributed by atoms with E-state index in [2.05, 4.69) is 35.2 Å². The number of anilines is 2. The van der Waals surface area contributed by atoms with Crippen molar-refractivity contribution in [2.45, 2.75) is 50.8 Å². The molecule has 4 rings (SSSR count). The number of fused-ring (bicyclic) bond motifs is 2. The number of hydrogen-bond acceptors (Lipinski definition) is 7. The summed E-state index contributed by atoms with van der Waals surface area (Å²) in [5.74, 6) is -1.04. The van der Waals surface area contributed by atoms with Crippen molar-refractivity contribution in [1.29, 1.82) is 0 Å². The van der Waals surface area contributed by atoms with E-state index in [1.807, 2.05) is 0 Å². The topological polar surface area (TPSA) is 142 Å². The molecule has 0 radical (unpaired) electrons. The molecule has 0 bridgehead atoms. The lowest BCUT2D eigenvalue weighted by Gasteiger charge is -2.37. The quantitative estimate of drug-likeness (QED) is 0.525. The summed E-state index contributed by atoms with van der Waals surface area (Å²) < 4.78 is 55.4. The van der Waals surface area contributed by atoms with Gasteiger partial charge in [0.2, 0.25) is 10.0 Å². The number of amidine groups is 1. The predicted molar refractivity (Wildman–Crippen MR) is 140 cm³/mol. The van der Waals surface area contributed by atoms with E-state index < -0.39 is 31.2 Å². The average Bonchev–Trinajstić information content (AvgIpc) is 2.75. The number of rotatable bonds is 5. The highest BCUT2D eigenvalue weighted by atomic mass is 32.2. The minimum absolute atomic E-state index is 0.0534. The highest BCUT2D eigenvalue weighted by Gasteiger charge is 2.46. The zero-order valence-electron chi connectivity index (χ0n) is 20.7. The molecule has 0 aromatic heterocycles. The molecule has 1 heterocycles. The third-order valence-corrected chi connectivity index (χ3v) is 8.30. The van der Waals surface area contributed by atoms with Crippen molar-refractivity contribution < 1.29 is 26.7 Å². The highest BCUT2D eigenvalue weighted by molar-refractivity contribution is 7.92. The number of aliphatic hydroxyl groups is 1. The van der Waals surface area contributed by atoms with Gasteiger partial charge in [0.25, 0.3) is 10.0 Å². The molecule has 36 heavy (non-hydrogen) atoms. The molecular weight excluding hydrogens is 502 g/mol.